The van der Waals surface area contributed by atoms with Crippen molar-refractivity contribution in [3.05, 3.63) is 17.0 Å². The quantitative estimate of drug-likeness (QED) is 0.864. The van der Waals surface area contributed by atoms with Crippen molar-refractivity contribution in [2.45, 2.75) is 57.5 Å². The fraction of sp³-hybridized carbons (Fsp3) is 0.750. The van der Waals surface area contributed by atoms with Gasteiger partial charge in [-0.05, 0) is 38.6 Å². The van der Waals surface area contributed by atoms with Gasteiger partial charge in [0.1, 0.15) is 16.8 Å². The zero-order chi connectivity index (χ0) is 15.0. The first-order chi connectivity index (χ1) is 10.0. The lowest BCUT2D eigenvalue weighted by Gasteiger charge is -2.36. The summed E-state index contributed by atoms with van der Waals surface area (Å²) in [4.78, 5) is 11.4. The summed E-state index contributed by atoms with van der Waals surface area (Å²) in [5.41, 5.74) is 0. The molecule has 3 rings (SSSR count). The average molecular weight is 309 g/mol. The van der Waals surface area contributed by atoms with Crippen LogP contribution in [0.1, 0.15) is 51.3 Å². The smallest absolute Gasteiger partial charge is 0.135 e. The molecule has 0 aromatic carbocycles. The molecule has 2 bridgehead atoms. The summed E-state index contributed by atoms with van der Waals surface area (Å²) in [6, 6.07) is 3.41. The van der Waals surface area contributed by atoms with Crippen LogP contribution in [0.2, 0.25) is 5.15 Å². The van der Waals surface area contributed by atoms with E-state index in [0.717, 1.165) is 36.2 Å². The lowest BCUT2D eigenvalue weighted by Crippen LogP contribution is -2.41. The monoisotopic (exact) mass is 308 g/mol. The van der Waals surface area contributed by atoms with Crippen LogP contribution in [0.4, 0.5) is 5.82 Å². The van der Waals surface area contributed by atoms with E-state index in [4.69, 9.17) is 11.6 Å². The number of nitrogens with zero attached hydrogens (tertiary/aromatic N) is 3. The second-order valence-corrected chi connectivity index (χ2v) is 7.24. The van der Waals surface area contributed by atoms with Crippen molar-refractivity contribution in [3.8, 4) is 0 Å². The molecular formula is C16H25ClN4. The van der Waals surface area contributed by atoms with Gasteiger partial charge in [-0.3, -0.25) is 0 Å². The van der Waals surface area contributed by atoms with Crippen LogP contribution in [-0.4, -0.2) is 40.5 Å². The van der Waals surface area contributed by atoms with Gasteiger partial charge < -0.3 is 10.2 Å². The number of hydrogen-bond acceptors (Lipinski definition) is 4. The van der Waals surface area contributed by atoms with Crippen LogP contribution < -0.4 is 5.32 Å². The van der Waals surface area contributed by atoms with Gasteiger partial charge in [0, 0.05) is 30.6 Å². The van der Waals surface area contributed by atoms with E-state index in [1.54, 1.807) is 0 Å². The maximum absolute atomic E-state index is 6.09. The standard InChI is InChI=1S/C16H25ClN4/c1-10(2)16-19-14(17)8-15(20-16)18-9-11-6-12-4-5-13(7-11)21(12)3/h8,10-13H,4-7,9H2,1-3H3,(H,18,19,20). The third-order valence-electron chi connectivity index (χ3n) is 5.00. The van der Waals surface area contributed by atoms with E-state index in [-0.39, 0.29) is 0 Å². The highest BCUT2D eigenvalue weighted by Gasteiger charge is 2.38. The fourth-order valence-electron chi connectivity index (χ4n) is 3.72. The normalized spacial score (nSPS) is 29.1. The third-order valence-corrected chi connectivity index (χ3v) is 5.19. The molecule has 2 saturated heterocycles. The molecule has 2 aliphatic heterocycles. The molecule has 4 nitrogen and oxygen atoms in total. The summed E-state index contributed by atoms with van der Waals surface area (Å²) >= 11 is 6.09. The Balaban J connectivity index is 1.61. The van der Waals surface area contributed by atoms with Gasteiger partial charge in [0.25, 0.3) is 0 Å². The Morgan fingerprint density at radius 3 is 2.57 bits per heavy atom. The Morgan fingerprint density at radius 2 is 1.95 bits per heavy atom. The number of aromatic nitrogens is 2. The number of piperidine rings is 1. The van der Waals surface area contributed by atoms with Gasteiger partial charge in [0.05, 0.1) is 0 Å². The van der Waals surface area contributed by atoms with Crippen molar-refractivity contribution in [1.82, 2.24) is 14.9 Å². The molecule has 116 valence electrons. The second-order valence-electron chi connectivity index (χ2n) is 6.86. The first kappa shape index (κ1) is 15.0. The van der Waals surface area contributed by atoms with E-state index >= 15 is 0 Å². The Morgan fingerprint density at radius 1 is 1.29 bits per heavy atom. The first-order valence-electron chi connectivity index (χ1n) is 8.03. The molecule has 2 aliphatic rings. The van der Waals surface area contributed by atoms with Gasteiger partial charge >= 0.3 is 0 Å². The lowest BCUT2D eigenvalue weighted by molar-refractivity contribution is 0.139. The second kappa shape index (κ2) is 6.09. The highest BCUT2D eigenvalue weighted by molar-refractivity contribution is 6.29. The molecule has 2 atom stereocenters. The van der Waals surface area contributed by atoms with Crippen molar-refractivity contribution < 1.29 is 0 Å². The molecule has 0 spiro atoms. The van der Waals surface area contributed by atoms with Crippen molar-refractivity contribution in [2.75, 3.05) is 18.9 Å². The largest absolute Gasteiger partial charge is 0.370 e. The summed E-state index contributed by atoms with van der Waals surface area (Å²) in [5.74, 6) is 2.72. The van der Waals surface area contributed by atoms with Crippen molar-refractivity contribution in [2.24, 2.45) is 5.92 Å². The first-order valence-corrected chi connectivity index (χ1v) is 8.41. The zero-order valence-electron chi connectivity index (χ0n) is 13.1. The van der Waals surface area contributed by atoms with E-state index in [0.29, 0.717) is 11.1 Å². The van der Waals surface area contributed by atoms with Gasteiger partial charge in [-0.1, -0.05) is 25.4 Å². The zero-order valence-corrected chi connectivity index (χ0v) is 13.9. The Labute approximate surface area is 132 Å². The molecular weight excluding hydrogens is 284 g/mol. The van der Waals surface area contributed by atoms with Gasteiger partial charge in [0.15, 0.2) is 0 Å². The maximum atomic E-state index is 6.09. The van der Waals surface area contributed by atoms with Crippen LogP contribution >= 0.6 is 11.6 Å². The van der Waals surface area contributed by atoms with E-state index in [1.165, 1.54) is 25.7 Å². The minimum atomic E-state index is 0.295. The van der Waals surface area contributed by atoms with Gasteiger partial charge in [-0.25, -0.2) is 9.97 Å². The molecule has 3 heterocycles. The molecule has 2 unspecified atom stereocenters. The highest BCUT2D eigenvalue weighted by Crippen LogP contribution is 2.37. The molecule has 0 saturated carbocycles. The molecule has 1 aromatic rings. The molecule has 1 aromatic heterocycles. The Hall–Kier alpha value is -0.870. The van der Waals surface area contributed by atoms with Crippen LogP contribution in [-0.2, 0) is 0 Å². The molecule has 2 fully saturated rings. The van der Waals surface area contributed by atoms with Gasteiger partial charge in [-0.2, -0.15) is 0 Å². The summed E-state index contributed by atoms with van der Waals surface area (Å²) in [7, 11) is 2.28. The lowest BCUT2D eigenvalue weighted by atomic mass is 9.91. The third kappa shape index (κ3) is 3.32. The Bertz CT molecular complexity index is 491. The van der Waals surface area contributed by atoms with E-state index in [9.17, 15) is 0 Å². The average Bonchev–Trinajstić information content (AvgIpc) is 2.66. The number of nitrogens with one attached hydrogen (secondary N) is 1. The molecule has 21 heavy (non-hydrogen) atoms. The summed E-state index contributed by atoms with van der Waals surface area (Å²) < 4.78 is 0. The number of fused-ring (bicyclic) bond motifs is 2. The van der Waals surface area contributed by atoms with Gasteiger partial charge in [0.2, 0.25) is 0 Å². The van der Waals surface area contributed by atoms with Crippen LogP contribution in [0.3, 0.4) is 0 Å². The summed E-state index contributed by atoms with van der Waals surface area (Å²) in [5, 5.41) is 4.01. The minimum Gasteiger partial charge on any atom is -0.370 e. The molecule has 5 heteroatoms. The summed E-state index contributed by atoms with van der Waals surface area (Å²) in [6.45, 7) is 5.17. The number of halogens is 1. The van der Waals surface area contributed by atoms with Crippen molar-refractivity contribution >= 4 is 17.4 Å². The molecule has 0 radical (unpaired) electrons. The number of rotatable bonds is 4. The van der Waals surface area contributed by atoms with E-state index in [2.05, 4.69) is 41.1 Å². The van der Waals surface area contributed by atoms with Gasteiger partial charge in [-0.15, -0.1) is 0 Å². The Kier molecular flexibility index (Phi) is 4.36. The van der Waals surface area contributed by atoms with E-state index < -0.39 is 0 Å². The predicted molar refractivity (Wildman–Crippen MR) is 86.9 cm³/mol. The van der Waals surface area contributed by atoms with Crippen LogP contribution in [0, 0.1) is 5.92 Å². The maximum Gasteiger partial charge on any atom is 0.135 e. The SMILES string of the molecule is CC(C)c1nc(Cl)cc(NCC2CC3CCC(C2)N3C)n1. The van der Waals surface area contributed by atoms with E-state index in [1.807, 2.05) is 6.07 Å². The highest BCUT2D eigenvalue weighted by atomic mass is 35.5. The minimum absolute atomic E-state index is 0.295. The number of hydrogen-bond donors (Lipinski definition) is 1. The van der Waals surface area contributed by atoms with Crippen LogP contribution in [0.25, 0.3) is 0 Å². The predicted octanol–water partition coefficient (Wildman–Crippen LogP) is 3.54. The van der Waals surface area contributed by atoms with Crippen molar-refractivity contribution in [1.29, 1.82) is 0 Å². The van der Waals surface area contributed by atoms with Crippen LogP contribution in [0.15, 0.2) is 6.07 Å². The molecule has 0 aliphatic carbocycles. The molecule has 1 N–H and O–H groups in total. The molecule has 0 amide bonds. The van der Waals surface area contributed by atoms with Crippen molar-refractivity contribution in [3.63, 3.8) is 0 Å². The number of anilines is 1. The van der Waals surface area contributed by atoms with Crippen LogP contribution in [0.5, 0.6) is 0 Å². The topological polar surface area (TPSA) is 41.1 Å². The fourth-order valence-corrected chi connectivity index (χ4v) is 3.91. The summed E-state index contributed by atoms with van der Waals surface area (Å²) in [6.07, 6.45) is 5.34.